The summed E-state index contributed by atoms with van der Waals surface area (Å²) in [6, 6.07) is 21.2. The van der Waals surface area contributed by atoms with Crippen LogP contribution in [0.5, 0.6) is 11.6 Å². The molecule has 0 N–H and O–H groups in total. The van der Waals surface area contributed by atoms with Gasteiger partial charge in [-0.3, -0.25) is 0 Å². The number of benzene rings is 2. The highest BCUT2D eigenvalue weighted by atomic mass is 16.7. The zero-order valence-electron chi connectivity index (χ0n) is 17.4. The molecule has 4 aromatic rings. The molecule has 1 aliphatic rings. The smallest absolute Gasteiger partial charge is 0.534 e. The van der Waals surface area contributed by atoms with E-state index in [0.717, 1.165) is 16.8 Å². The number of nitrogens with zero attached hydrogens (tertiary/aromatic N) is 4. The molecule has 0 spiro atoms. The maximum atomic E-state index is 6.00. The quantitative estimate of drug-likeness (QED) is 0.467. The predicted octanol–water partition coefficient (Wildman–Crippen LogP) is 3.54. The van der Waals surface area contributed by atoms with E-state index in [2.05, 4.69) is 21.9 Å². The van der Waals surface area contributed by atoms with E-state index >= 15 is 0 Å². The van der Waals surface area contributed by atoms with E-state index in [1.54, 1.807) is 10.6 Å². The van der Waals surface area contributed by atoms with Gasteiger partial charge in [0.25, 0.3) is 0 Å². The minimum absolute atomic E-state index is 0.471. The molecule has 2 aromatic heterocycles. The molecule has 0 unspecified atom stereocenters. The largest absolute Gasteiger partial charge is 0.563 e. The molecule has 2 aromatic carbocycles. The van der Waals surface area contributed by atoms with Crippen molar-refractivity contribution in [3.05, 3.63) is 90.5 Å². The molecule has 1 aliphatic heterocycles. The Kier molecular flexibility index (Phi) is 4.71. The lowest BCUT2D eigenvalue weighted by Gasteiger charge is -2.15. The van der Waals surface area contributed by atoms with Crippen molar-refractivity contribution in [2.75, 3.05) is 0 Å². The lowest BCUT2D eigenvalue weighted by molar-refractivity contribution is 0.173. The second-order valence-electron chi connectivity index (χ2n) is 7.90. The molecule has 0 atom stereocenters. The highest BCUT2D eigenvalue weighted by Crippen LogP contribution is 2.29. The van der Waals surface area contributed by atoms with E-state index in [1.807, 2.05) is 74.5 Å². The van der Waals surface area contributed by atoms with Gasteiger partial charge < -0.3 is 14.0 Å². The first-order chi connectivity index (χ1) is 15.0. The molecule has 0 aliphatic carbocycles. The highest BCUT2D eigenvalue weighted by molar-refractivity contribution is 6.62. The third-order valence-corrected chi connectivity index (χ3v) is 5.18. The summed E-state index contributed by atoms with van der Waals surface area (Å²) in [5.74, 6) is 2.53. The lowest BCUT2D eigenvalue weighted by Crippen LogP contribution is -2.34. The number of hydrogen-bond acceptors (Lipinski definition) is 6. The van der Waals surface area contributed by atoms with Gasteiger partial charge in [0.2, 0.25) is 5.88 Å². The standard InChI is InChI=1S/C23H21BN4O3/c1-16-23(2,3)31-24(30-16)18-9-7-8-17(14-18)15-21-26-25-20-12-13-22(27-28(20)21)29-19-10-5-4-6-11-19/h4-14H,1,15H2,2-3H3. The lowest BCUT2D eigenvalue weighted by atomic mass is 9.78. The van der Waals surface area contributed by atoms with Crippen molar-refractivity contribution in [2.45, 2.75) is 25.9 Å². The monoisotopic (exact) mass is 412 g/mol. The molecule has 0 saturated carbocycles. The Labute approximate surface area is 180 Å². The van der Waals surface area contributed by atoms with Gasteiger partial charge in [-0.2, -0.15) is 4.52 Å². The van der Waals surface area contributed by atoms with E-state index in [4.69, 9.17) is 14.0 Å². The zero-order valence-corrected chi connectivity index (χ0v) is 17.4. The van der Waals surface area contributed by atoms with Gasteiger partial charge in [-0.05, 0) is 43.1 Å². The number of ether oxygens (including phenoxy) is 1. The summed E-state index contributed by atoms with van der Waals surface area (Å²) >= 11 is 0. The van der Waals surface area contributed by atoms with Crippen LogP contribution in [-0.4, -0.2) is 32.5 Å². The van der Waals surface area contributed by atoms with Gasteiger partial charge in [-0.1, -0.05) is 49.0 Å². The fourth-order valence-corrected chi connectivity index (χ4v) is 3.39. The van der Waals surface area contributed by atoms with Crippen molar-refractivity contribution in [1.29, 1.82) is 0 Å². The van der Waals surface area contributed by atoms with Crippen LogP contribution < -0.4 is 10.2 Å². The number of rotatable bonds is 5. The summed E-state index contributed by atoms with van der Waals surface area (Å²) in [6.45, 7) is 7.84. The maximum absolute atomic E-state index is 6.00. The molecule has 1 saturated heterocycles. The normalized spacial score (nSPS) is 15.3. The summed E-state index contributed by atoms with van der Waals surface area (Å²) in [5.41, 5.74) is 2.12. The first kappa shape index (κ1) is 19.3. The molecule has 3 heterocycles. The molecular formula is C23H21BN4O3. The second kappa shape index (κ2) is 7.56. The summed E-state index contributed by atoms with van der Waals surface area (Å²) in [6.07, 6.45) is 0.549. The van der Waals surface area contributed by atoms with Crippen molar-refractivity contribution < 1.29 is 14.0 Å². The summed E-state index contributed by atoms with van der Waals surface area (Å²) < 4.78 is 19.4. The van der Waals surface area contributed by atoms with Gasteiger partial charge in [0.1, 0.15) is 11.4 Å². The van der Waals surface area contributed by atoms with Crippen LogP contribution in [0, 0.1) is 0 Å². The van der Waals surface area contributed by atoms with Crippen LogP contribution in [0.1, 0.15) is 25.2 Å². The minimum atomic E-state index is -0.511. The van der Waals surface area contributed by atoms with Gasteiger partial charge in [-0.15, -0.1) is 15.3 Å². The molecule has 8 heteroatoms. The van der Waals surface area contributed by atoms with Crippen LogP contribution in [0.3, 0.4) is 0 Å². The first-order valence-electron chi connectivity index (χ1n) is 10.0. The van der Waals surface area contributed by atoms with Gasteiger partial charge in [0.05, 0.1) is 5.76 Å². The topological polar surface area (TPSA) is 70.8 Å². The van der Waals surface area contributed by atoms with Crippen LogP contribution >= 0.6 is 0 Å². The van der Waals surface area contributed by atoms with Gasteiger partial charge in [0, 0.05) is 12.5 Å². The minimum Gasteiger partial charge on any atom is -0.534 e. The van der Waals surface area contributed by atoms with E-state index in [1.165, 1.54) is 0 Å². The highest BCUT2D eigenvalue weighted by Gasteiger charge is 2.42. The van der Waals surface area contributed by atoms with Crippen molar-refractivity contribution in [1.82, 2.24) is 19.8 Å². The fraction of sp³-hybridized carbons (Fsp3) is 0.174. The Balaban J connectivity index is 1.39. The van der Waals surface area contributed by atoms with Gasteiger partial charge >= 0.3 is 7.12 Å². The average Bonchev–Trinajstić information content (AvgIpc) is 3.28. The Morgan fingerprint density at radius 2 is 1.87 bits per heavy atom. The summed E-state index contributed by atoms with van der Waals surface area (Å²) in [5, 5.41) is 13.1. The fourth-order valence-electron chi connectivity index (χ4n) is 3.39. The number of hydrogen-bond donors (Lipinski definition) is 0. The van der Waals surface area contributed by atoms with Crippen molar-refractivity contribution in [2.24, 2.45) is 0 Å². The summed E-state index contributed by atoms with van der Waals surface area (Å²) in [4.78, 5) is 0. The van der Waals surface area contributed by atoms with Crippen LogP contribution in [-0.2, 0) is 15.7 Å². The Bertz CT molecular complexity index is 1260. The van der Waals surface area contributed by atoms with E-state index in [0.29, 0.717) is 29.5 Å². The molecule has 5 rings (SSSR count). The van der Waals surface area contributed by atoms with Gasteiger partial charge in [-0.25, -0.2) is 0 Å². The molecule has 31 heavy (non-hydrogen) atoms. The predicted molar refractivity (Wildman–Crippen MR) is 117 cm³/mol. The van der Waals surface area contributed by atoms with Crippen LogP contribution in [0.2, 0.25) is 0 Å². The Hall–Kier alpha value is -3.65. The average molecular weight is 412 g/mol. The third kappa shape index (κ3) is 3.89. The summed E-state index contributed by atoms with van der Waals surface area (Å²) in [7, 11) is -0.471. The van der Waals surface area contributed by atoms with Crippen molar-refractivity contribution in [3.63, 3.8) is 0 Å². The van der Waals surface area contributed by atoms with Crippen LogP contribution in [0.4, 0.5) is 0 Å². The molecule has 0 amide bonds. The number of para-hydroxylation sites is 1. The molecule has 0 radical (unpaired) electrons. The maximum Gasteiger partial charge on any atom is 0.563 e. The SMILES string of the molecule is C=C1OB(c2cccc(Cc3nnc4ccc(Oc5ccccc5)nn34)c2)OC1(C)C. The second-order valence-corrected chi connectivity index (χ2v) is 7.90. The van der Waals surface area contributed by atoms with Crippen molar-refractivity contribution >= 4 is 18.2 Å². The third-order valence-electron chi connectivity index (χ3n) is 5.18. The molecule has 1 fully saturated rings. The van der Waals surface area contributed by atoms with E-state index in [-0.39, 0.29) is 0 Å². The van der Waals surface area contributed by atoms with Gasteiger partial charge in [0.15, 0.2) is 11.5 Å². The molecular weight excluding hydrogens is 391 g/mol. The van der Waals surface area contributed by atoms with Crippen LogP contribution in [0.25, 0.3) is 5.65 Å². The molecule has 7 nitrogen and oxygen atoms in total. The molecule has 0 bridgehead atoms. The van der Waals surface area contributed by atoms with Crippen molar-refractivity contribution in [3.8, 4) is 11.6 Å². The van der Waals surface area contributed by atoms with E-state index in [9.17, 15) is 0 Å². The Morgan fingerprint density at radius 3 is 2.65 bits per heavy atom. The first-order valence-corrected chi connectivity index (χ1v) is 10.0. The number of aromatic nitrogens is 4. The Morgan fingerprint density at radius 1 is 1.03 bits per heavy atom. The molecule has 154 valence electrons. The van der Waals surface area contributed by atoms with Crippen LogP contribution in [0.15, 0.2) is 79.1 Å². The number of fused-ring (bicyclic) bond motifs is 1. The van der Waals surface area contributed by atoms with E-state index < -0.39 is 12.7 Å². The zero-order chi connectivity index (χ0) is 21.4.